The molecule has 0 saturated carbocycles. The largest absolute Gasteiger partial charge is 0.569 e. The summed E-state index contributed by atoms with van der Waals surface area (Å²) < 4.78 is 10.1. The molecular formula is C9H13BNO3. The third kappa shape index (κ3) is 2.30. The van der Waals surface area contributed by atoms with E-state index in [4.69, 9.17) is 14.1 Å². The van der Waals surface area contributed by atoms with Gasteiger partial charge in [-0.05, 0) is 25.9 Å². The van der Waals surface area contributed by atoms with Crippen molar-refractivity contribution in [3.05, 3.63) is 18.1 Å². The quantitative estimate of drug-likeness (QED) is 0.719. The standard InChI is InChI=1S/C9H13BNO3/c12-10-14-9-5-8(13-7-9)6-11-3-1-2-4-11/h5,7,12H,1-4,6H2. The Hall–Kier alpha value is -0.935. The molecule has 0 bridgehead atoms. The summed E-state index contributed by atoms with van der Waals surface area (Å²) in [5, 5.41) is 8.41. The highest BCUT2D eigenvalue weighted by Crippen LogP contribution is 2.19. The highest BCUT2D eigenvalue weighted by molar-refractivity contribution is 6.17. The van der Waals surface area contributed by atoms with E-state index in [9.17, 15) is 0 Å². The molecule has 0 aromatic carbocycles. The molecule has 0 aliphatic carbocycles. The van der Waals surface area contributed by atoms with Crippen LogP contribution in [0.15, 0.2) is 16.7 Å². The van der Waals surface area contributed by atoms with Crippen LogP contribution in [-0.2, 0) is 6.54 Å². The van der Waals surface area contributed by atoms with Crippen molar-refractivity contribution in [1.82, 2.24) is 4.90 Å². The number of hydrogen-bond donors (Lipinski definition) is 1. The smallest absolute Gasteiger partial charge is 0.535 e. The molecule has 2 heterocycles. The molecule has 1 N–H and O–H groups in total. The molecule has 0 spiro atoms. The minimum Gasteiger partial charge on any atom is -0.535 e. The fraction of sp³-hybridized carbons (Fsp3) is 0.556. The summed E-state index contributed by atoms with van der Waals surface area (Å²) in [6, 6.07) is 1.80. The molecule has 4 nitrogen and oxygen atoms in total. The van der Waals surface area contributed by atoms with Gasteiger partial charge in [-0.25, -0.2) is 0 Å². The topological polar surface area (TPSA) is 45.8 Å². The van der Waals surface area contributed by atoms with E-state index in [1.807, 2.05) is 0 Å². The molecule has 5 heteroatoms. The van der Waals surface area contributed by atoms with Crippen LogP contribution in [0.1, 0.15) is 18.6 Å². The minimum atomic E-state index is 0.543. The Labute approximate surface area is 83.8 Å². The first-order valence-electron chi connectivity index (χ1n) is 4.81. The van der Waals surface area contributed by atoms with Crippen LogP contribution in [0.2, 0.25) is 0 Å². The van der Waals surface area contributed by atoms with Gasteiger partial charge in [-0.3, -0.25) is 4.90 Å². The molecule has 1 aliphatic rings. The van der Waals surface area contributed by atoms with Gasteiger partial charge >= 0.3 is 7.69 Å². The highest BCUT2D eigenvalue weighted by atomic mass is 16.5. The number of furan rings is 1. The summed E-state index contributed by atoms with van der Waals surface area (Å²) in [6.07, 6.45) is 4.04. The number of rotatable bonds is 4. The van der Waals surface area contributed by atoms with Crippen LogP contribution in [0.5, 0.6) is 5.75 Å². The van der Waals surface area contributed by atoms with E-state index in [0.717, 1.165) is 25.4 Å². The lowest BCUT2D eigenvalue weighted by Gasteiger charge is -2.11. The molecule has 1 aromatic heterocycles. The third-order valence-corrected chi connectivity index (χ3v) is 2.40. The molecule has 1 saturated heterocycles. The normalized spacial score (nSPS) is 17.2. The Morgan fingerprint density at radius 1 is 1.50 bits per heavy atom. The van der Waals surface area contributed by atoms with Crippen molar-refractivity contribution in [2.75, 3.05) is 13.1 Å². The summed E-state index contributed by atoms with van der Waals surface area (Å²) in [5.74, 6) is 1.42. The van der Waals surface area contributed by atoms with E-state index in [1.54, 1.807) is 6.07 Å². The summed E-state index contributed by atoms with van der Waals surface area (Å²) in [5.41, 5.74) is 0. The Bertz CT molecular complexity index is 283. The Morgan fingerprint density at radius 3 is 3.00 bits per heavy atom. The molecular weight excluding hydrogens is 181 g/mol. The lowest BCUT2D eigenvalue weighted by molar-refractivity contribution is 0.297. The molecule has 1 aromatic rings. The summed E-state index contributed by atoms with van der Waals surface area (Å²) in [7, 11) is 0.657. The van der Waals surface area contributed by atoms with Gasteiger partial charge in [0.15, 0.2) is 0 Å². The van der Waals surface area contributed by atoms with Crippen LogP contribution in [0.25, 0.3) is 0 Å². The second-order valence-electron chi connectivity index (χ2n) is 3.46. The van der Waals surface area contributed by atoms with Crippen molar-refractivity contribution in [1.29, 1.82) is 0 Å². The Kier molecular flexibility index (Phi) is 3.11. The highest BCUT2D eigenvalue weighted by Gasteiger charge is 2.13. The van der Waals surface area contributed by atoms with Crippen LogP contribution in [0.3, 0.4) is 0 Å². The molecule has 0 amide bonds. The van der Waals surface area contributed by atoms with E-state index in [0.29, 0.717) is 13.4 Å². The molecule has 2 rings (SSSR count). The molecule has 75 valence electrons. The Morgan fingerprint density at radius 2 is 2.29 bits per heavy atom. The number of likely N-dealkylation sites (tertiary alicyclic amines) is 1. The van der Waals surface area contributed by atoms with Crippen LogP contribution < -0.4 is 4.65 Å². The van der Waals surface area contributed by atoms with Gasteiger partial charge in [0.2, 0.25) is 0 Å². The SMILES string of the molecule is O[B]Oc1coc(CN2CCCC2)c1. The first kappa shape index (κ1) is 9.61. The van der Waals surface area contributed by atoms with Gasteiger partial charge in [-0.15, -0.1) is 0 Å². The average molecular weight is 194 g/mol. The number of hydrogen-bond acceptors (Lipinski definition) is 4. The van der Waals surface area contributed by atoms with E-state index in [2.05, 4.69) is 4.90 Å². The monoisotopic (exact) mass is 194 g/mol. The second kappa shape index (κ2) is 4.53. The zero-order chi connectivity index (χ0) is 9.80. The summed E-state index contributed by atoms with van der Waals surface area (Å²) >= 11 is 0. The van der Waals surface area contributed by atoms with Gasteiger partial charge in [-0.1, -0.05) is 0 Å². The molecule has 14 heavy (non-hydrogen) atoms. The molecule has 1 radical (unpaired) electrons. The number of nitrogens with zero attached hydrogens (tertiary/aromatic N) is 1. The predicted octanol–water partition coefficient (Wildman–Crippen LogP) is 0.781. The summed E-state index contributed by atoms with van der Waals surface area (Å²) in [4.78, 5) is 2.34. The molecule has 0 unspecified atom stereocenters. The average Bonchev–Trinajstić information content (AvgIpc) is 2.79. The Balaban J connectivity index is 1.88. The first-order chi connectivity index (χ1) is 6.88. The molecule has 0 atom stereocenters. The molecule has 1 fully saturated rings. The van der Waals surface area contributed by atoms with Gasteiger partial charge in [0, 0.05) is 6.07 Å². The van der Waals surface area contributed by atoms with Gasteiger partial charge in [0.25, 0.3) is 0 Å². The van der Waals surface area contributed by atoms with Crippen molar-refractivity contribution in [3.8, 4) is 5.75 Å². The lowest BCUT2D eigenvalue weighted by atomic mass is 10.3. The van der Waals surface area contributed by atoms with Gasteiger partial charge in [0.05, 0.1) is 6.54 Å². The van der Waals surface area contributed by atoms with Gasteiger partial charge < -0.3 is 14.1 Å². The van der Waals surface area contributed by atoms with E-state index >= 15 is 0 Å². The van der Waals surface area contributed by atoms with Crippen molar-refractivity contribution in [2.24, 2.45) is 0 Å². The fourth-order valence-corrected chi connectivity index (χ4v) is 1.73. The summed E-state index contributed by atoms with van der Waals surface area (Å²) in [6.45, 7) is 3.11. The van der Waals surface area contributed by atoms with E-state index in [1.165, 1.54) is 19.1 Å². The van der Waals surface area contributed by atoms with Gasteiger partial charge in [-0.2, -0.15) is 0 Å². The minimum absolute atomic E-state index is 0.543. The van der Waals surface area contributed by atoms with Crippen LogP contribution >= 0.6 is 0 Å². The maximum absolute atomic E-state index is 8.41. The predicted molar refractivity (Wildman–Crippen MR) is 51.8 cm³/mol. The van der Waals surface area contributed by atoms with Crippen molar-refractivity contribution in [3.63, 3.8) is 0 Å². The maximum atomic E-state index is 8.41. The lowest BCUT2D eigenvalue weighted by Crippen LogP contribution is -2.17. The van der Waals surface area contributed by atoms with E-state index < -0.39 is 0 Å². The van der Waals surface area contributed by atoms with Crippen molar-refractivity contribution in [2.45, 2.75) is 19.4 Å². The van der Waals surface area contributed by atoms with Crippen LogP contribution in [-0.4, -0.2) is 30.7 Å². The zero-order valence-corrected chi connectivity index (χ0v) is 7.98. The van der Waals surface area contributed by atoms with E-state index in [-0.39, 0.29) is 0 Å². The maximum Gasteiger partial charge on any atom is 0.569 e. The van der Waals surface area contributed by atoms with Crippen LogP contribution in [0, 0.1) is 0 Å². The second-order valence-corrected chi connectivity index (χ2v) is 3.46. The van der Waals surface area contributed by atoms with Crippen molar-refractivity contribution < 1.29 is 14.1 Å². The zero-order valence-electron chi connectivity index (χ0n) is 7.98. The first-order valence-corrected chi connectivity index (χ1v) is 4.81. The fourth-order valence-electron chi connectivity index (χ4n) is 1.73. The third-order valence-electron chi connectivity index (χ3n) is 2.40. The van der Waals surface area contributed by atoms with Gasteiger partial charge in [0.1, 0.15) is 17.8 Å². The molecule has 1 aliphatic heterocycles. The van der Waals surface area contributed by atoms with Crippen LogP contribution in [0.4, 0.5) is 0 Å². The van der Waals surface area contributed by atoms with Crippen molar-refractivity contribution >= 4 is 7.69 Å².